The van der Waals surface area contributed by atoms with Gasteiger partial charge in [0.25, 0.3) is 5.91 Å². The zero-order valence-electron chi connectivity index (χ0n) is 12.3. The van der Waals surface area contributed by atoms with E-state index in [1.807, 2.05) is 29.6 Å². The number of oxazole rings is 1. The summed E-state index contributed by atoms with van der Waals surface area (Å²) in [5.41, 5.74) is 1.14. The number of nitrogens with zero attached hydrogens (tertiary/aromatic N) is 3. The minimum Gasteiger partial charge on any atom is -0.442 e. The molecule has 3 aromatic heterocycles. The third-order valence-electron chi connectivity index (χ3n) is 3.27. The van der Waals surface area contributed by atoms with E-state index in [0.717, 1.165) is 10.4 Å². The van der Waals surface area contributed by atoms with Gasteiger partial charge in [0.05, 0.1) is 11.5 Å². The van der Waals surface area contributed by atoms with Crippen LogP contribution in [0.4, 0.5) is 0 Å². The molecule has 0 aliphatic carbocycles. The number of carbonyl (C=O) groups excluding carboxylic acids is 1. The highest BCUT2D eigenvalue weighted by molar-refractivity contribution is 7.13. The molecule has 0 unspecified atom stereocenters. The number of carbonyl (C=O) groups is 1. The van der Waals surface area contributed by atoms with Crippen molar-refractivity contribution in [3.8, 4) is 10.6 Å². The molecule has 0 saturated carbocycles. The van der Waals surface area contributed by atoms with Crippen molar-refractivity contribution in [2.45, 2.75) is 6.54 Å². The molecule has 3 aromatic rings. The number of aromatic nitrogens is 2. The van der Waals surface area contributed by atoms with Crippen molar-refractivity contribution in [3.05, 3.63) is 59.7 Å². The Bertz CT molecular complexity index is 756. The highest BCUT2D eigenvalue weighted by Gasteiger charge is 2.24. The van der Waals surface area contributed by atoms with Crippen LogP contribution in [0, 0.1) is 0 Å². The predicted octanol–water partition coefficient (Wildman–Crippen LogP) is 2.43. The maximum atomic E-state index is 12.8. The Morgan fingerprint density at radius 2 is 2.26 bits per heavy atom. The molecule has 0 atom stereocenters. The van der Waals surface area contributed by atoms with Crippen LogP contribution in [0.15, 0.2) is 52.9 Å². The molecule has 3 heterocycles. The van der Waals surface area contributed by atoms with Crippen LogP contribution in [0.25, 0.3) is 10.6 Å². The maximum Gasteiger partial charge on any atom is 0.276 e. The highest BCUT2D eigenvalue weighted by atomic mass is 32.1. The zero-order valence-corrected chi connectivity index (χ0v) is 13.1. The molecule has 0 fully saturated rings. The lowest BCUT2D eigenvalue weighted by Crippen LogP contribution is -2.33. The predicted molar refractivity (Wildman–Crippen MR) is 85.9 cm³/mol. The van der Waals surface area contributed by atoms with Crippen LogP contribution in [0.3, 0.4) is 0 Å². The minimum atomic E-state index is -0.278. The summed E-state index contributed by atoms with van der Waals surface area (Å²) in [5.74, 6) is 0.180. The van der Waals surface area contributed by atoms with Crippen molar-refractivity contribution >= 4 is 17.2 Å². The van der Waals surface area contributed by atoms with Crippen LogP contribution >= 0.6 is 11.3 Å². The van der Waals surface area contributed by atoms with Crippen molar-refractivity contribution in [3.63, 3.8) is 0 Å². The standard InChI is InChI=1S/C16H15N3O3S/c20-7-6-19(10-12-3-1-5-17-9-12)16(21)14-15(22-11-18-14)13-4-2-8-23-13/h1-5,8-9,11,20H,6-7,10H2. The Balaban J connectivity index is 1.86. The topological polar surface area (TPSA) is 79.5 Å². The van der Waals surface area contributed by atoms with Gasteiger partial charge in [-0.05, 0) is 23.1 Å². The molecule has 6 nitrogen and oxygen atoms in total. The van der Waals surface area contributed by atoms with Crippen molar-refractivity contribution < 1.29 is 14.3 Å². The largest absolute Gasteiger partial charge is 0.442 e. The number of hydrogen-bond donors (Lipinski definition) is 1. The van der Waals surface area contributed by atoms with E-state index < -0.39 is 0 Å². The van der Waals surface area contributed by atoms with Gasteiger partial charge in [-0.15, -0.1) is 11.3 Å². The first-order chi connectivity index (χ1) is 11.3. The normalized spacial score (nSPS) is 10.7. The molecule has 0 aliphatic rings. The summed E-state index contributed by atoms with van der Waals surface area (Å²) in [7, 11) is 0. The fraction of sp³-hybridized carbons (Fsp3) is 0.188. The number of aliphatic hydroxyl groups excluding tert-OH is 1. The van der Waals surface area contributed by atoms with Crippen molar-refractivity contribution in [1.82, 2.24) is 14.9 Å². The van der Waals surface area contributed by atoms with E-state index in [1.54, 1.807) is 12.4 Å². The van der Waals surface area contributed by atoms with Crippen LogP contribution in [0.1, 0.15) is 16.1 Å². The summed E-state index contributed by atoms with van der Waals surface area (Å²) in [6.45, 7) is 0.437. The first-order valence-electron chi connectivity index (χ1n) is 7.06. The second kappa shape index (κ2) is 7.17. The Kier molecular flexibility index (Phi) is 4.80. The summed E-state index contributed by atoms with van der Waals surface area (Å²) in [6, 6.07) is 7.45. The number of amides is 1. The molecule has 7 heteroatoms. The van der Waals surface area contributed by atoms with Gasteiger partial charge in [-0.2, -0.15) is 0 Å². The van der Waals surface area contributed by atoms with Crippen molar-refractivity contribution in [2.75, 3.05) is 13.2 Å². The first-order valence-corrected chi connectivity index (χ1v) is 7.94. The van der Waals surface area contributed by atoms with Gasteiger partial charge in [-0.1, -0.05) is 12.1 Å². The monoisotopic (exact) mass is 329 g/mol. The molecule has 0 aromatic carbocycles. The first kappa shape index (κ1) is 15.4. The van der Waals surface area contributed by atoms with Gasteiger partial charge in [-0.25, -0.2) is 4.98 Å². The van der Waals surface area contributed by atoms with Crippen LogP contribution in [0.5, 0.6) is 0 Å². The fourth-order valence-corrected chi connectivity index (χ4v) is 2.93. The number of hydrogen-bond acceptors (Lipinski definition) is 6. The Hall–Kier alpha value is -2.51. The van der Waals surface area contributed by atoms with E-state index in [0.29, 0.717) is 12.3 Å². The molecule has 3 rings (SSSR count). The van der Waals surface area contributed by atoms with E-state index in [-0.39, 0.29) is 24.8 Å². The summed E-state index contributed by atoms with van der Waals surface area (Å²) in [6.07, 6.45) is 4.64. The molecule has 0 saturated heterocycles. The molecule has 0 spiro atoms. The van der Waals surface area contributed by atoms with Crippen molar-refractivity contribution in [1.29, 1.82) is 0 Å². The number of thiophene rings is 1. The van der Waals surface area contributed by atoms with Gasteiger partial charge in [0, 0.05) is 25.5 Å². The van der Waals surface area contributed by atoms with Crippen LogP contribution in [0.2, 0.25) is 0 Å². The summed E-state index contributed by atoms with van der Waals surface area (Å²) in [5, 5.41) is 11.2. The average molecular weight is 329 g/mol. The SMILES string of the molecule is O=C(c1ncoc1-c1cccs1)N(CCO)Cc1cccnc1. The minimum absolute atomic E-state index is 0.127. The lowest BCUT2D eigenvalue weighted by molar-refractivity contribution is 0.0703. The number of aliphatic hydroxyl groups is 1. The molecule has 23 heavy (non-hydrogen) atoms. The maximum absolute atomic E-state index is 12.8. The van der Waals surface area contributed by atoms with Gasteiger partial charge in [0.1, 0.15) is 0 Å². The number of pyridine rings is 1. The molecular weight excluding hydrogens is 314 g/mol. The second-order valence-corrected chi connectivity index (χ2v) is 5.77. The third-order valence-corrected chi connectivity index (χ3v) is 4.14. The lowest BCUT2D eigenvalue weighted by atomic mass is 10.2. The quantitative estimate of drug-likeness (QED) is 0.751. The molecule has 0 radical (unpaired) electrons. The molecule has 0 bridgehead atoms. The van der Waals surface area contributed by atoms with Gasteiger partial charge in [0.15, 0.2) is 17.8 Å². The summed E-state index contributed by atoms with van der Waals surface area (Å²) < 4.78 is 5.39. The summed E-state index contributed by atoms with van der Waals surface area (Å²) in [4.78, 5) is 23.3. The van der Waals surface area contributed by atoms with Crippen molar-refractivity contribution in [2.24, 2.45) is 0 Å². The van der Waals surface area contributed by atoms with Gasteiger partial charge in [0.2, 0.25) is 0 Å². The van der Waals surface area contributed by atoms with Crippen LogP contribution in [-0.2, 0) is 6.54 Å². The third kappa shape index (κ3) is 3.46. The van der Waals surface area contributed by atoms with Gasteiger partial charge >= 0.3 is 0 Å². The van der Waals surface area contributed by atoms with Crippen LogP contribution < -0.4 is 0 Å². The summed E-state index contributed by atoms with van der Waals surface area (Å²) >= 11 is 1.48. The van der Waals surface area contributed by atoms with E-state index in [9.17, 15) is 9.90 Å². The van der Waals surface area contributed by atoms with E-state index in [4.69, 9.17) is 4.42 Å². The highest BCUT2D eigenvalue weighted by Crippen LogP contribution is 2.28. The molecular formula is C16H15N3O3S. The molecule has 1 amide bonds. The molecule has 0 aliphatic heterocycles. The number of rotatable bonds is 6. The Morgan fingerprint density at radius 1 is 1.35 bits per heavy atom. The van der Waals surface area contributed by atoms with Gasteiger partial charge < -0.3 is 14.4 Å². The van der Waals surface area contributed by atoms with Crippen LogP contribution in [-0.4, -0.2) is 39.0 Å². The second-order valence-electron chi connectivity index (χ2n) is 4.82. The molecule has 118 valence electrons. The smallest absolute Gasteiger partial charge is 0.276 e. The fourth-order valence-electron chi connectivity index (χ4n) is 2.22. The Morgan fingerprint density at radius 3 is 2.96 bits per heavy atom. The van der Waals surface area contributed by atoms with Gasteiger partial charge in [-0.3, -0.25) is 9.78 Å². The average Bonchev–Trinajstić information content (AvgIpc) is 3.25. The van der Waals surface area contributed by atoms with E-state index >= 15 is 0 Å². The Labute approximate surface area is 137 Å². The zero-order chi connectivity index (χ0) is 16.1. The van der Waals surface area contributed by atoms with E-state index in [2.05, 4.69) is 9.97 Å². The lowest BCUT2D eigenvalue weighted by Gasteiger charge is -2.21. The molecule has 1 N–H and O–H groups in total. The van der Waals surface area contributed by atoms with E-state index in [1.165, 1.54) is 22.6 Å².